The van der Waals surface area contributed by atoms with Crippen LogP contribution in [0.5, 0.6) is 11.5 Å². The first kappa shape index (κ1) is 14.7. The van der Waals surface area contributed by atoms with Crippen LogP contribution in [0.3, 0.4) is 0 Å². The van der Waals surface area contributed by atoms with Gasteiger partial charge in [-0.3, -0.25) is 4.40 Å². The fourth-order valence-corrected chi connectivity index (χ4v) is 4.82. The van der Waals surface area contributed by atoms with Crippen molar-refractivity contribution in [3.05, 3.63) is 35.0 Å². The molecular formula is C18H16N4O2S. The molecule has 3 aromatic heterocycles. The van der Waals surface area contributed by atoms with Crippen LogP contribution in [-0.4, -0.2) is 29.8 Å². The molecular weight excluding hydrogens is 336 g/mol. The average molecular weight is 352 g/mol. The molecule has 0 fully saturated rings. The number of nitrogens with zero attached hydrogens (tertiary/aromatic N) is 4. The molecule has 1 atom stereocenters. The zero-order valence-corrected chi connectivity index (χ0v) is 14.4. The van der Waals surface area contributed by atoms with Gasteiger partial charge in [0, 0.05) is 10.9 Å². The molecule has 6 nitrogen and oxygen atoms in total. The number of hydrogen-bond acceptors (Lipinski definition) is 6. The van der Waals surface area contributed by atoms with E-state index in [0.29, 0.717) is 17.3 Å². The Morgan fingerprint density at radius 3 is 2.96 bits per heavy atom. The molecule has 5 rings (SSSR count). The molecule has 0 saturated heterocycles. The smallest absolute Gasteiger partial charge is 0.173 e. The predicted molar refractivity (Wildman–Crippen MR) is 96.1 cm³/mol. The van der Waals surface area contributed by atoms with E-state index in [-0.39, 0.29) is 11.5 Å². The molecule has 7 heteroatoms. The molecule has 0 spiro atoms. The molecule has 0 saturated carbocycles. The lowest BCUT2D eigenvalue weighted by molar-refractivity contribution is 0.451. The van der Waals surface area contributed by atoms with Crippen molar-refractivity contribution >= 4 is 27.2 Å². The summed E-state index contributed by atoms with van der Waals surface area (Å²) in [6.45, 7) is 2.28. The molecule has 25 heavy (non-hydrogen) atoms. The lowest BCUT2D eigenvalue weighted by Crippen LogP contribution is -2.09. The van der Waals surface area contributed by atoms with E-state index in [9.17, 15) is 10.2 Å². The van der Waals surface area contributed by atoms with Crippen LogP contribution >= 0.6 is 11.3 Å². The summed E-state index contributed by atoms with van der Waals surface area (Å²) in [5, 5.41) is 29.4. The van der Waals surface area contributed by atoms with Crippen LogP contribution in [-0.2, 0) is 12.8 Å². The van der Waals surface area contributed by atoms with Crippen molar-refractivity contribution in [2.24, 2.45) is 5.92 Å². The number of benzene rings is 1. The molecule has 1 aromatic carbocycles. The summed E-state index contributed by atoms with van der Waals surface area (Å²) in [7, 11) is 0. The van der Waals surface area contributed by atoms with Crippen LogP contribution in [0.1, 0.15) is 23.8 Å². The van der Waals surface area contributed by atoms with Gasteiger partial charge in [-0.15, -0.1) is 21.5 Å². The lowest BCUT2D eigenvalue weighted by atomic mass is 9.89. The highest BCUT2D eigenvalue weighted by atomic mass is 32.1. The third kappa shape index (κ3) is 2.12. The highest BCUT2D eigenvalue weighted by molar-refractivity contribution is 7.19. The number of aryl methyl sites for hydroxylation is 1. The minimum absolute atomic E-state index is 0.0106. The Morgan fingerprint density at radius 1 is 1.24 bits per heavy atom. The molecule has 1 aliphatic rings. The molecule has 2 N–H and O–H groups in total. The Hall–Kier alpha value is -2.67. The van der Waals surface area contributed by atoms with Crippen molar-refractivity contribution in [1.82, 2.24) is 19.6 Å². The first-order valence-corrected chi connectivity index (χ1v) is 9.10. The first-order chi connectivity index (χ1) is 12.1. The van der Waals surface area contributed by atoms with E-state index in [1.807, 2.05) is 4.40 Å². The zero-order chi connectivity index (χ0) is 17.1. The molecule has 0 unspecified atom stereocenters. The Kier molecular flexibility index (Phi) is 3.03. The average Bonchev–Trinajstić information content (AvgIpc) is 3.15. The number of aromatic nitrogens is 4. The summed E-state index contributed by atoms with van der Waals surface area (Å²) in [6, 6.07) is 4.46. The third-order valence-electron chi connectivity index (χ3n) is 4.92. The number of rotatable bonds is 1. The summed E-state index contributed by atoms with van der Waals surface area (Å²) in [6.07, 6.45) is 5.08. The minimum Gasteiger partial charge on any atom is -0.508 e. The van der Waals surface area contributed by atoms with Crippen molar-refractivity contribution in [1.29, 1.82) is 0 Å². The van der Waals surface area contributed by atoms with Gasteiger partial charge in [0.1, 0.15) is 22.7 Å². The van der Waals surface area contributed by atoms with Gasteiger partial charge in [0.2, 0.25) is 0 Å². The molecule has 3 heterocycles. The Balaban J connectivity index is 1.79. The Bertz CT molecular complexity index is 1130. The maximum absolute atomic E-state index is 10.2. The molecule has 1 aliphatic carbocycles. The number of thiophene rings is 1. The van der Waals surface area contributed by atoms with E-state index in [1.165, 1.54) is 29.0 Å². The standard InChI is InChI=1S/C18H16N4O2S/c1-9-2-5-14-12(6-9)15-17-21-20-16(22(17)8-19-18(15)25-14)11-4-3-10(23)7-13(11)24/h3-4,7-9,23-24H,2,5-6H2,1H3/t9-/m1/s1. The monoisotopic (exact) mass is 352 g/mol. The second-order valence-electron chi connectivity index (χ2n) is 6.70. The van der Waals surface area contributed by atoms with E-state index in [0.717, 1.165) is 28.7 Å². The van der Waals surface area contributed by atoms with E-state index in [2.05, 4.69) is 22.1 Å². The molecule has 0 amide bonds. The SMILES string of the molecule is C[C@@H]1CCc2sc3ncn4c(-c5ccc(O)cc5O)nnc4c3c2C1. The van der Waals surface area contributed by atoms with Crippen molar-refractivity contribution < 1.29 is 10.2 Å². The van der Waals surface area contributed by atoms with E-state index < -0.39 is 0 Å². The van der Waals surface area contributed by atoms with Crippen molar-refractivity contribution in [2.45, 2.75) is 26.2 Å². The quantitative estimate of drug-likeness (QED) is 0.547. The zero-order valence-electron chi connectivity index (χ0n) is 13.6. The number of fused-ring (bicyclic) bond motifs is 5. The molecule has 0 aliphatic heterocycles. The van der Waals surface area contributed by atoms with E-state index in [1.54, 1.807) is 23.7 Å². The number of phenols is 2. The van der Waals surface area contributed by atoms with Gasteiger partial charge in [0.25, 0.3) is 0 Å². The summed E-state index contributed by atoms with van der Waals surface area (Å²) >= 11 is 1.75. The van der Waals surface area contributed by atoms with Crippen molar-refractivity contribution in [3.63, 3.8) is 0 Å². The van der Waals surface area contributed by atoms with Gasteiger partial charge in [-0.2, -0.15) is 0 Å². The van der Waals surface area contributed by atoms with Gasteiger partial charge in [-0.1, -0.05) is 6.92 Å². The number of phenolic OH excluding ortho intramolecular Hbond substituents is 2. The maximum atomic E-state index is 10.2. The van der Waals surface area contributed by atoms with Gasteiger partial charge < -0.3 is 10.2 Å². The van der Waals surface area contributed by atoms with Crippen LogP contribution < -0.4 is 0 Å². The fourth-order valence-electron chi connectivity index (χ4n) is 3.64. The van der Waals surface area contributed by atoms with Crippen LogP contribution in [0.2, 0.25) is 0 Å². The third-order valence-corrected chi connectivity index (χ3v) is 6.12. The largest absolute Gasteiger partial charge is 0.508 e. The van der Waals surface area contributed by atoms with Gasteiger partial charge >= 0.3 is 0 Å². The topological polar surface area (TPSA) is 83.5 Å². The summed E-state index contributed by atoms with van der Waals surface area (Å²) in [5.74, 6) is 1.16. The van der Waals surface area contributed by atoms with Crippen LogP contribution in [0.15, 0.2) is 24.5 Å². The van der Waals surface area contributed by atoms with E-state index in [4.69, 9.17) is 0 Å². The van der Waals surface area contributed by atoms with Crippen molar-refractivity contribution in [2.75, 3.05) is 0 Å². The molecule has 0 radical (unpaired) electrons. The second-order valence-corrected chi connectivity index (χ2v) is 7.78. The van der Waals surface area contributed by atoms with Gasteiger partial charge in [-0.25, -0.2) is 4.98 Å². The number of hydrogen-bond donors (Lipinski definition) is 2. The van der Waals surface area contributed by atoms with Gasteiger partial charge in [0.15, 0.2) is 11.5 Å². The number of aromatic hydroxyl groups is 2. The van der Waals surface area contributed by atoms with Crippen LogP contribution in [0, 0.1) is 5.92 Å². The van der Waals surface area contributed by atoms with Gasteiger partial charge in [-0.05, 0) is 42.9 Å². The lowest BCUT2D eigenvalue weighted by Gasteiger charge is -2.17. The fraction of sp³-hybridized carbons (Fsp3) is 0.278. The van der Waals surface area contributed by atoms with E-state index >= 15 is 0 Å². The summed E-state index contributed by atoms with van der Waals surface area (Å²) in [5.41, 5.74) is 2.65. The summed E-state index contributed by atoms with van der Waals surface area (Å²) in [4.78, 5) is 7.02. The minimum atomic E-state index is -0.0321. The van der Waals surface area contributed by atoms with Crippen molar-refractivity contribution in [3.8, 4) is 22.9 Å². The molecule has 0 bridgehead atoms. The summed E-state index contributed by atoms with van der Waals surface area (Å²) < 4.78 is 1.82. The maximum Gasteiger partial charge on any atom is 0.173 e. The first-order valence-electron chi connectivity index (χ1n) is 8.28. The normalized spacial score (nSPS) is 17.2. The highest BCUT2D eigenvalue weighted by Crippen LogP contribution is 2.39. The Labute approximate surface area is 147 Å². The molecule has 126 valence electrons. The highest BCUT2D eigenvalue weighted by Gasteiger charge is 2.24. The van der Waals surface area contributed by atoms with Gasteiger partial charge in [0.05, 0.1) is 10.9 Å². The Morgan fingerprint density at radius 2 is 2.12 bits per heavy atom. The predicted octanol–water partition coefficient (Wildman–Crippen LogP) is 3.54. The second kappa shape index (κ2) is 5.16. The molecule has 4 aromatic rings. The van der Waals surface area contributed by atoms with Crippen LogP contribution in [0.4, 0.5) is 0 Å². The van der Waals surface area contributed by atoms with Crippen LogP contribution in [0.25, 0.3) is 27.3 Å².